The lowest BCUT2D eigenvalue weighted by atomic mass is 9.86. The molecule has 2 amide bonds. The number of rotatable bonds is 5. The van der Waals surface area contributed by atoms with Crippen LogP contribution in [0.2, 0.25) is 0 Å². The van der Waals surface area contributed by atoms with Gasteiger partial charge in [0.25, 0.3) is 5.56 Å². The zero-order chi connectivity index (χ0) is 25.4. The zero-order valence-corrected chi connectivity index (χ0v) is 20.3. The van der Waals surface area contributed by atoms with E-state index in [4.69, 9.17) is 0 Å². The number of benzene rings is 2. The van der Waals surface area contributed by atoms with Gasteiger partial charge in [0, 0.05) is 42.9 Å². The molecule has 0 saturated carbocycles. The highest BCUT2D eigenvalue weighted by Gasteiger charge is 2.56. The molecular weight excluding hydrogens is 454 g/mol. The molecule has 2 aromatic carbocycles. The Morgan fingerprint density at radius 3 is 2.36 bits per heavy atom. The van der Waals surface area contributed by atoms with Gasteiger partial charge in [-0.2, -0.15) is 0 Å². The molecule has 3 heterocycles. The molecular formula is C29H29N3O4. The molecule has 5 rings (SSSR count). The molecule has 2 N–H and O–H groups in total. The second-order valence-electron chi connectivity index (χ2n) is 9.37. The van der Waals surface area contributed by atoms with E-state index >= 15 is 0 Å². The molecule has 7 heteroatoms. The fourth-order valence-corrected chi connectivity index (χ4v) is 5.76. The molecule has 0 radical (unpaired) electrons. The molecule has 0 aliphatic carbocycles. The standard InChI is InChI=1S/C29H29N3O4/c1-3-7-21-12-15-24-27-26(23(17-33)25(32(27)18(2)34)16-31(24)29(21)36)28(35)30-22-13-10-20(11-14-22)19-8-5-4-6-9-19/h3-15,23,25-27,33H,16-17H2,1-2H3,(H,30,35)/b7-3+/t23-,25-,26+,27+/m1/s1. The number of anilines is 1. The number of nitrogens with zero attached hydrogens (tertiary/aromatic N) is 2. The summed E-state index contributed by atoms with van der Waals surface area (Å²) in [6.07, 6.45) is 3.56. The van der Waals surface area contributed by atoms with Gasteiger partial charge >= 0.3 is 0 Å². The minimum Gasteiger partial charge on any atom is -0.396 e. The predicted octanol–water partition coefficient (Wildman–Crippen LogP) is 3.70. The van der Waals surface area contributed by atoms with Crippen molar-refractivity contribution in [2.24, 2.45) is 11.8 Å². The van der Waals surface area contributed by atoms with Crippen LogP contribution >= 0.6 is 0 Å². The number of allylic oxidation sites excluding steroid dienone is 1. The summed E-state index contributed by atoms with van der Waals surface area (Å²) in [6, 6.07) is 20.0. The summed E-state index contributed by atoms with van der Waals surface area (Å²) in [7, 11) is 0. The lowest BCUT2D eigenvalue weighted by Crippen LogP contribution is -2.48. The number of pyridine rings is 1. The number of nitrogens with one attached hydrogen (secondary N) is 1. The largest absolute Gasteiger partial charge is 0.396 e. The Bertz CT molecular complexity index is 1380. The summed E-state index contributed by atoms with van der Waals surface area (Å²) in [4.78, 5) is 41.2. The Balaban J connectivity index is 1.49. The predicted molar refractivity (Wildman–Crippen MR) is 139 cm³/mol. The lowest BCUT2D eigenvalue weighted by molar-refractivity contribution is -0.134. The molecule has 184 valence electrons. The summed E-state index contributed by atoms with van der Waals surface area (Å²) in [5, 5.41) is 13.3. The summed E-state index contributed by atoms with van der Waals surface area (Å²) in [5.41, 5.74) is 3.77. The Hall–Kier alpha value is -3.97. The maximum atomic E-state index is 13.7. The van der Waals surface area contributed by atoms with Crippen LogP contribution < -0.4 is 10.9 Å². The van der Waals surface area contributed by atoms with Crippen LogP contribution in [-0.2, 0) is 16.1 Å². The smallest absolute Gasteiger partial charge is 0.258 e. The molecule has 2 bridgehead atoms. The van der Waals surface area contributed by atoms with Gasteiger partial charge in [-0.15, -0.1) is 0 Å². The second kappa shape index (κ2) is 9.59. The Kier molecular flexibility index (Phi) is 6.33. The van der Waals surface area contributed by atoms with Crippen LogP contribution in [0, 0.1) is 11.8 Å². The van der Waals surface area contributed by atoms with E-state index < -0.39 is 23.9 Å². The van der Waals surface area contributed by atoms with Crippen molar-refractivity contribution in [1.29, 1.82) is 0 Å². The molecule has 4 atom stereocenters. The van der Waals surface area contributed by atoms with Crippen molar-refractivity contribution >= 4 is 23.6 Å². The van der Waals surface area contributed by atoms with Crippen LogP contribution in [0.1, 0.15) is 31.1 Å². The summed E-state index contributed by atoms with van der Waals surface area (Å²) in [5.74, 6) is -1.65. The normalized spacial score (nSPS) is 22.5. The first-order chi connectivity index (χ1) is 17.4. The number of aliphatic hydroxyl groups is 1. The van der Waals surface area contributed by atoms with Gasteiger partial charge in [-0.25, -0.2) is 0 Å². The van der Waals surface area contributed by atoms with Gasteiger partial charge in [-0.3, -0.25) is 14.4 Å². The van der Waals surface area contributed by atoms with E-state index in [0.29, 0.717) is 16.9 Å². The number of aromatic nitrogens is 1. The van der Waals surface area contributed by atoms with Crippen LogP contribution in [0.4, 0.5) is 5.69 Å². The Labute approximate surface area is 209 Å². The van der Waals surface area contributed by atoms with E-state index in [2.05, 4.69) is 5.32 Å². The SMILES string of the molecule is C/C=C/c1ccc2n(c1=O)C[C@@H]1[C@@H](CO)[C@H](C(=O)Nc3ccc(-c4ccccc4)cc3)[C@H]2N1C(C)=O. The molecule has 1 aromatic heterocycles. The number of aliphatic hydroxyl groups excluding tert-OH is 1. The van der Waals surface area contributed by atoms with Crippen molar-refractivity contribution in [3.8, 4) is 11.1 Å². The second-order valence-corrected chi connectivity index (χ2v) is 9.37. The quantitative estimate of drug-likeness (QED) is 0.579. The van der Waals surface area contributed by atoms with E-state index in [9.17, 15) is 19.5 Å². The van der Waals surface area contributed by atoms with Crippen molar-refractivity contribution in [2.75, 3.05) is 11.9 Å². The molecule has 36 heavy (non-hydrogen) atoms. The first kappa shape index (κ1) is 23.8. The number of carbonyl (C=O) groups excluding carboxylic acids is 2. The monoisotopic (exact) mass is 483 g/mol. The van der Waals surface area contributed by atoms with Crippen LogP contribution in [0.25, 0.3) is 17.2 Å². The maximum absolute atomic E-state index is 13.7. The van der Waals surface area contributed by atoms with Gasteiger partial charge < -0.3 is 19.9 Å². The molecule has 2 aliphatic heterocycles. The summed E-state index contributed by atoms with van der Waals surface area (Å²) in [6.45, 7) is 3.30. The van der Waals surface area contributed by atoms with Gasteiger partial charge in [-0.05, 0) is 42.3 Å². The lowest BCUT2D eigenvalue weighted by Gasteiger charge is -2.37. The average Bonchev–Trinajstić information content (AvgIpc) is 3.14. The number of hydrogen-bond donors (Lipinski definition) is 2. The number of fused-ring (bicyclic) bond motifs is 4. The van der Waals surface area contributed by atoms with Gasteiger partial charge in [0.15, 0.2) is 0 Å². The molecule has 0 unspecified atom stereocenters. The van der Waals surface area contributed by atoms with E-state index in [1.165, 1.54) is 6.92 Å². The van der Waals surface area contributed by atoms with Crippen molar-refractivity contribution in [3.63, 3.8) is 0 Å². The summed E-state index contributed by atoms with van der Waals surface area (Å²) >= 11 is 0. The Morgan fingerprint density at radius 1 is 1.03 bits per heavy atom. The fraction of sp³-hybridized carbons (Fsp3) is 0.276. The maximum Gasteiger partial charge on any atom is 0.258 e. The van der Waals surface area contributed by atoms with Crippen molar-refractivity contribution in [1.82, 2.24) is 9.47 Å². The molecule has 0 spiro atoms. The topological polar surface area (TPSA) is 91.6 Å². The molecule has 1 fully saturated rings. The first-order valence-corrected chi connectivity index (χ1v) is 12.2. The molecule has 7 nitrogen and oxygen atoms in total. The third-order valence-electron chi connectivity index (χ3n) is 7.35. The van der Waals surface area contributed by atoms with Gasteiger partial charge in [0.2, 0.25) is 11.8 Å². The van der Waals surface area contributed by atoms with Crippen LogP contribution in [0.5, 0.6) is 0 Å². The van der Waals surface area contributed by atoms with Crippen molar-refractivity contribution in [3.05, 3.63) is 94.4 Å². The van der Waals surface area contributed by atoms with Gasteiger partial charge in [0.1, 0.15) is 0 Å². The molecule has 1 saturated heterocycles. The average molecular weight is 484 g/mol. The number of hydrogen-bond acceptors (Lipinski definition) is 4. The van der Waals surface area contributed by atoms with Crippen LogP contribution in [0.15, 0.2) is 77.6 Å². The van der Waals surface area contributed by atoms with E-state index in [1.807, 2.05) is 67.6 Å². The van der Waals surface area contributed by atoms with Crippen molar-refractivity contribution < 1.29 is 14.7 Å². The fourth-order valence-electron chi connectivity index (χ4n) is 5.76. The summed E-state index contributed by atoms with van der Waals surface area (Å²) < 4.78 is 1.66. The first-order valence-electron chi connectivity index (χ1n) is 12.2. The van der Waals surface area contributed by atoms with E-state index in [0.717, 1.165) is 11.1 Å². The number of carbonyl (C=O) groups is 2. The van der Waals surface area contributed by atoms with Gasteiger partial charge in [0.05, 0.1) is 18.0 Å². The highest BCUT2D eigenvalue weighted by molar-refractivity contribution is 5.94. The third kappa shape index (κ3) is 3.95. The van der Waals surface area contributed by atoms with Gasteiger partial charge in [-0.1, -0.05) is 54.6 Å². The third-order valence-corrected chi connectivity index (χ3v) is 7.35. The van der Waals surface area contributed by atoms with Crippen molar-refractivity contribution in [2.45, 2.75) is 32.5 Å². The van der Waals surface area contributed by atoms with Crippen LogP contribution in [0.3, 0.4) is 0 Å². The highest BCUT2D eigenvalue weighted by atomic mass is 16.3. The Morgan fingerprint density at radius 2 is 1.72 bits per heavy atom. The zero-order valence-electron chi connectivity index (χ0n) is 20.3. The minimum absolute atomic E-state index is 0.155. The minimum atomic E-state index is -0.696. The number of amides is 2. The van der Waals surface area contributed by atoms with E-state index in [-0.39, 0.29) is 30.5 Å². The van der Waals surface area contributed by atoms with E-state index in [1.54, 1.807) is 27.7 Å². The molecule has 2 aliphatic rings. The van der Waals surface area contributed by atoms with Crippen LogP contribution in [-0.4, -0.2) is 39.0 Å². The molecule has 3 aromatic rings. The highest BCUT2D eigenvalue weighted by Crippen LogP contribution is 2.48.